The molecule has 0 aromatic carbocycles. The summed E-state index contributed by atoms with van der Waals surface area (Å²) in [5.41, 5.74) is 1.56. The van der Waals surface area contributed by atoms with Gasteiger partial charge >= 0.3 is 0 Å². The Kier molecular flexibility index (Phi) is 4.02. The van der Waals surface area contributed by atoms with Gasteiger partial charge in [0.05, 0.1) is 0 Å². The Bertz CT molecular complexity index is 373. The maximum Gasteiger partial charge on any atom is 0.129 e. The Morgan fingerprint density at radius 1 is 1.47 bits per heavy atom. The quantitative estimate of drug-likeness (QED) is 0.838. The SMILES string of the molecule is CNC1(C)CCN(Cc2ccnc(Cl)c2)CC1. The number of likely N-dealkylation sites (tertiary alicyclic amines) is 1. The average Bonchev–Trinajstić information content (AvgIpc) is 2.33. The predicted molar refractivity (Wildman–Crippen MR) is 71.2 cm³/mol. The van der Waals surface area contributed by atoms with Gasteiger partial charge in [-0.05, 0) is 44.5 Å². The van der Waals surface area contributed by atoms with E-state index in [4.69, 9.17) is 11.6 Å². The minimum absolute atomic E-state index is 0.312. The van der Waals surface area contributed by atoms with Crippen LogP contribution in [0.5, 0.6) is 0 Å². The molecule has 1 aliphatic rings. The van der Waals surface area contributed by atoms with E-state index >= 15 is 0 Å². The van der Waals surface area contributed by atoms with Gasteiger partial charge in [-0.2, -0.15) is 0 Å². The third kappa shape index (κ3) is 3.41. The lowest BCUT2D eigenvalue weighted by Gasteiger charge is -2.39. The number of pyridine rings is 1. The highest BCUT2D eigenvalue weighted by Gasteiger charge is 2.27. The van der Waals surface area contributed by atoms with Gasteiger partial charge in [0.25, 0.3) is 0 Å². The summed E-state index contributed by atoms with van der Waals surface area (Å²) in [5.74, 6) is 0. The van der Waals surface area contributed by atoms with Crippen molar-refractivity contribution < 1.29 is 0 Å². The van der Waals surface area contributed by atoms with E-state index in [0.717, 1.165) is 19.6 Å². The maximum atomic E-state index is 5.89. The molecular formula is C13H20ClN3. The van der Waals surface area contributed by atoms with Crippen LogP contribution in [0.15, 0.2) is 18.3 Å². The summed E-state index contributed by atoms with van der Waals surface area (Å²) in [7, 11) is 2.05. The van der Waals surface area contributed by atoms with Gasteiger partial charge in [-0.25, -0.2) is 4.98 Å². The standard InChI is InChI=1S/C13H20ClN3/c1-13(15-2)4-7-17(8-5-13)10-11-3-6-16-12(14)9-11/h3,6,9,15H,4-5,7-8,10H2,1-2H3. The minimum atomic E-state index is 0.312. The van der Waals surface area contributed by atoms with Crippen molar-refractivity contribution in [2.75, 3.05) is 20.1 Å². The number of hydrogen-bond acceptors (Lipinski definition) is 3. The van der Waals surface area contributed by atoms with Crippen LogP contribution in [-0.2, 0) is 6.54 Å². The number of rotatable bonds is 3. The van der Waals surface area contributed by atoms with Crippen LogP contribution in [0.25, 0.3) is 0 Å². The summed E-state index contributed by atoms with van der Waals surface area (Å²) in [6.45, 7) is 5.55. The van der Waals surface area contributed by atoms with Gasteiger partial charge in [-0.15, -0.1) is 0 Å². The van der Waals surface area contributed by atoms with Crippen molar-refractivity contribution in [2.45, 2.75) is 31.8 Å². The second-order valence-electron chi connectivity index (χ2n) is 5.07. The van der Waals surface area contributed by atoms with Crippen LogP contribution in [0.2, 0.25) is 5.15 Å². The fourth-order valence-corrected chi connectivity index (χ4v) is 2.45. The van der Waals surface area contributed by atoms with Crippen LogP contribution in [0.1, 0.15) is 25.3 Å². The van der Waals surface area contributed by atoms with Gasteiger partial charge in [-0.3, -0.25) is 4.90 Å². The number of nitrogens with zero attached hydrogens (tertiary/aromatic N) is 2. The lowest BCUT2D eigenvalue weighted by Crippen LogP contribution is -2.49. The van der Waals surface area contributed by atoms with Gasteiger partial charge in [0.1, 0.15) is 5.15 Å². The smallest absolute Gasteiger partial charge is 0.129 e. The van der Waals surface area contributed by atoms with E-state index in [1.807, 2.05) is 12.1 Å². The molecule has 0 radical (unpaired) electrons. The van der Waals surface area contributed by atoms with E-state index < -0.39 is 0 Å². The summed E-state index contributed by atoms with van der Waals surface area (Å²) in [4.78, 5) is 6.48. The van der Waals surface area contributed by atoms with Crippen LogP contribution in [-0.4, -0.2) is 35.6 Å². The molecule has 17 heavy (non-hydrogen) atoms. The van der Waals surface area contributed by atoms with Gasteiger partial charge in [0.2, 0.25) is 0 Å². The van der Waals surface area contributed by atoms with E-state index in [2.05, 4.69) is 29.2 Å². The Morgan fingerprint density at radius 2 is 2.18 bits per heavy atom. The molecule has 0 spiro atoms. The molecule has 0 unspecified atom stereocenters. The van der Waals surface area contributed by atoms with Crippen LogP contribution < -0.4 is 5.32 Å². The highest BCUT2D eigenvalue weighted by atomic mass is 35.5. The van der Waals surface area contributed by atoms with Crippen LogP contribution in [0, 0.1) is 0 Å². The molecule has 2 heterocycles. The zero-order valence-electron chi connectivity index (χ0n) is 10.5. The van der Waals surface area contributed by atoms with Crippen LogP contribution >= 0.6 is 11.6 Å². The lowest BCUT2D eigenvalue weighted by atomic mass is 9.90. The van der Waals surface area contributed by atoms with E-state index in [-0.39, 0.29) is 0 Å². The molecule has 1 aromatic heterocycles. The zero-order valence-corrected chi connectivity index (χ0v) is 11.3. The molecule has 94 valence electrons. The Hall–Kier alpha value is -0.640. The van der Waals surface area contributed by atoms with Crippen molar-refractivity contribution in [1.82, 2.24) is 15.2 Å². The van der Waals surface area contributed by atoms with E-state index in [0.29, 0.717) is 10.7 Å². The van der Waals surface area contributed by atoms with Crippen molar-refractivity contribution in [3.63, 3.8) is 0 Å². The van der Waals surface area contributed by atoms with E-state index in [1.54, 1.807) is 6.20 Å². The largest absolute Gasteiger partial charge is 0.314 e. The minimum Gasteiger partial charge on any atom is -0.314 e. The molecule has 1 aromatic rings. The Labute approximate surface area is 108 Å². The fourth-order valence-electron chi connectivity index (χ4n) is 2.25. The van der Waals surface area contributed by atoms with E-state index in [1.165, 1.54) is 18.4 Å². The molecule has 1 N–H and O–H groups in total. The first kappa shape index (κ1) is 12.8. The first-order chi connectivity index (χ1) is 8.11. The summed E-state index contributed by atoms with van der Waals surface area (Å²) < 4.78 is 0. The molecule has 0 aliphatic carbocycles. The molecular weight excluding hydrogens is 234 g/mol. The fraction of sp³-hybridized carbons (Fsp3) is 0.615. The normalized spacial score (nSPS) is 20.4. The third-order valence-corrected chi connectivity index (χ3v) is 3.97. The summed E-state index contributed by atoms with van der Waals surface area (Å²) >= 11 is 5.89. The van der Waals surface area contributed by atoms with Crippen LogP contribution in [0.4, 0.5) is 0 Å². The predicted octanol–water partition coefficient (Wildman–Crippen LogP) is 2.31. The van der Waals surface area contributed by atoms with Gasteiger partial charge in [-0.1, -0.05) is 11.6 Å². The first-order valence-electron chi connectivity index (χ1n) is 6.13. The van der Waals surface area contributed by atoms with Crippen molar-refractivity contribution in [3.05, 3.63) is 29.0 Å². The number of nitrogens with one attached hydrogen (secondary N) is 1. The second-order valence-corrected chi connectivity index (χ2v) is 5.46. The maximum absolute atomic E-state index is 5.89. The molecule has 1 fully saturated rings. The number of hydrogen-bond donors (Lipinski definition) is 1. The average molecular weight is 254 g/mol. The number of halogens is 1. The molecule has 0 amide bonds. The summed E-state index contributed by atoms with van der Waals surface area (Å²) in [6, 6.07) is 3.99. The summed E-state index contributed by atoms with van der Waals surface area (Å²) in [6.07, 6.45) is 4.17. The molecule has 0 atom stereocenters. The topological polar surface area (TPSA) is 28.2 Å². The second kappa shape index (κ2) is 5.34. The first-order valence-corrected chi connectivity index (χ1v) is 6.51. The number of aromatic nitrogens is 1. The Morgan fingerprint density at radius 3 is 2.76 bits per heavy atom. The molecule has 3 nitrogen and oxygen atoms in total. The monoisotopic (exact) mass is 253 g/mol. The van der Waals surface area contributed by atoms with Crippen LogP contribution in [0.3, 0.4) is 0 Å². The molecule has 2 rings (SSSR count). The van der Waals surface area contributed by atoms with Gasteiger partial charge in [0, 0.05) is 31.4 Å². The summed E-state index contributed by atoms with van der Waals surface area (Å²) in [5, 5.41) is 4.00. The van der Waals surface area contributed by atoms with Gasteiger partial charge in [0.15, 0.2) is 0 Å². The lowest BCUT2D eigenvalue weighted by molar-refractivity contribution is 0.146. The van der Waals surface area contributed by atoms with E-state index in [9.17, 15) is 0 Å². The number of piperidine rings is 1. The van der Waals surface area contributed by atoms with Crippen molar-refractivity contribution in [2.24, 2.45) is 0 Å². The van der Waals surface area contributed by atoms with Crippen molar-refractivity contribution in [3.8, 4) is 0 Å². The Balaban J connectivity index is 1.90. The third-order valence-electron chi connectivity index (χ3n) is 3.76. The molecule has 0 saturated carbocycles. The molecule has 0 bridgehead atoms. The molecule has 1 aliphatic heterocycles. The highest BCUT2D eigenvalue weighted by Crippen LogP contribution is 2.22. The van der Waals surface area contributed by atoms with Crippen molar-refractivity contribution in [1.29, 1.82) is 0 Å². The van der Waals surface area contributed by atoms with Gasteiger partial charge < -0.3 is 5.32 Å². The molecule has 1 saturated heterocycles. The highest BCUT2D eigenvalue weighted by molar-refractivity contribution is 6.29. The zero-order chi connectivity index (χ0) is 12.3. The van der Waals surface area contributed by atoms with Crippen molar-refractivity contribution >= 4 is 11.6 Å². The molecule has 4 heteroatoms.